The lowest BCUT2D eigenvalue weighted by molar-refractivity contribution is -0.0172. The first-order valence-electron chi connectivity index (χ1n) is 9.83. The molecule has 0 amide bonds. The topological polar surface area (TPSA) is 90.6 Å². The van der Waals surface area contributed by atoms with Crippen molar-refractivity contribution in [2.45, 2.75) is 0 Å². The van der Waals surface area contributed by atoms with Crippen molar-refractivity contribution in [1.82, 2.24) is 0 Å². The van der Waals surface area contributed by atoms with Gasteiger partial charge in [0.1, 0.15) is 12.4 Å². The van der Waals surface area contributed by atoms with Gasteiger partial charge in [-0.2, -0.15) is 0 Å². The number of hydrogen-bond donors (Lipinski definition) is 1. The van der Waals surface area contributed by atoms with Crippen LogP contribution in [0.1, 0.15) is 0 Å². The number of alkyl halides is 1. The van der Waals surface area contributed by atoms with E-state index in [2.05, 4.69) is 15.9 Å². The quantitative estimate of drug-likeness (QED) is 0.163. The van der Waals surface area contributed by atoms with Crippen LogP contribution in [-0.2, 0) is 28.4 Å². The molecule has 0 saturated heterocycles. The highest BCUT2D eigenvalue weighted by atomic mass is 79.9. The number of benzene rings is 1. The molecule has 0 saturated carbocycles. The number of ether oxygens (including phenoxy) is 7. The zero-order chi connectivity index (χ0) is 20.8. The van der Waals surface area contributed by atoms with Crippen molar-refractivity contribution in [2.75, 3.05) is 97.0 Å². The van der Waals surface area contributed by atoms with Gasteiger partial charge in [-0.15, -0.1) is 0 Å². The van der Waals surface area contributed by atoms with Gasteiger partial charge in [-0.1, -0.05) is 15.9 Å². The van der Waals surface area contributed by atoms with Gasteiger partial charge in [0.25, 0.3) is 0 Å². The molecule has 8 nitrogen and oxygen atoms in total. The first kappa shape index (κ1) is 26.1. The molecule has 168 valence electrons. The van der Waals surface area contributed by atoms with Gasteiger partial charge in [0.2, 0.25) is 0 Å². The molecule has 1 rings (SSSR count). The minimum Gasteiger partial charge on any atom is -0.491 e. The third kappa shape index (κ3) is 17.6. The molecule has 0 radical (unpaired) electrons. The third-order valence-corrected chi connectivity index (χ3v) is 3.78. The summed E-state index contributed by atoms with van der Waals surface area (Å²) in [6.07, 6.45) is 0. The fraction of sp³-hybridized carbons (Fsp3) is 0.700. The Morgan fingerprint density at radius 2 is 0.862 bits per heavy atom. The van der Waals surface area contributed by atoms with Gasteiger partial charge in [-0.3, -0.25) is 0 Å². The van der Waals surface area contributed by atoms with E-state index < -0.39 is 0 Å². The zero-order valence-corrected chi connectivity index (χ0v) is 18.6. The van der Waals surface area contributed by atoms with Gasteiger partial charge in [-0.25, -0.2) is 0 Å². The van der Waals surface area contributed by atoms with Gasteiger partial charge in [0.15, 0.2) is 0 Å². The highest BCUT2D eigenvalue weighted by Gasteiger charge is 1.96. The SMILES string of the molecule is Nc1ccc(OCCOCCOCCOCCOCCOCCOCCBr)cc1. The molecule has 0 spiro atoms. The number of hydrogen-bond acceptors (Lipinski definition) is 8. The molecule has 0 fully saturated rings. The van der Waals surface area contributed by atoms with E-state index in [1.807, 2.05) is 12.1 Å². The maximum Gasteiger partial charge on any atom is 0.119 e. The van der Waals surface area contributed by atoms with Gasteiger partial charge in [0, 0.05) is 11.0 Å². The molecule has 9 heteroatoms. The lowest BCUT2D eigenvalue weighted by Gasteiger charge is -2.09. The van der Waals surface area contributed by atoms with Crippen LogP contribution >= 0.6 is 15.9 Å². The van der Waals surface area contributed by atoms with E-state index in [-0.39, 0.29) is 0 Å². The second-order valence-electron chi connectivity index (χ2n) is 5.78. The van der Waals surface area contributed by atoms with Crippen molar-refractivity contribution < 1.29 is 33.2 Å². The molecule has 0 aliphatic heterocycles. The van der Waals surface area contributed by atoms with Crippen molar-refractivity contribution in [2.24, 2.45) is 0 Å². The summed E-state index contributed by atoms with van der Waals surface area (Å²) in [5, 5.41) is 0.844. The molecule has 29 heavy (non-hydrogen) atoms. The van der Waals surface area contributed by atoms with Crippen LogP contribution < -0.4 is 10.5 Å². The number of rotatable bonds is 21. The summed E-state index contributed by atoms with van der Waals surface area (Å²) >= 11 is 3.29. The van der Waals surface area contributed by atoms with Crippen LogP contribution in [-0.4, -0.2) is 91.2 Å². The Balaban J connectivity index is 1.69. The lowest BCUT2D eigenvalue weighted by atomic mass is 10.3. The predicted octanol–water partition coefficient (Wildman–Crippen LogP) is 2.14. The van der Waals surface area contributed by atoms with Crippen molar-refractivity contribution >= 4 is 21.6 Å². The monoisotopic (exact) mass is 479 g/mol. The zero-order valence-electron chi connectivity index (χ0n) is 17.0. The number of halogens is 1. The van der Waals surface area contributed by atoms with E-state index >= 15 is 0 Å². The maximum absolute atomic E-state index is 5.61. The summed E-state index contributed by atoms with van der Waals surface area (Å²) < 4.78 is 37.9. The van der Waals surface area contributed by atoms with E-state index in [0.717, 1.165) is 16.8 Å². The van der Waals surface area contributed by atoms with Crippen LogP contribution in [0.4, 0.5) is 5.69 Å². The summed E-state index contributed by atoms with van der Waals surface area (Å²) in [6.45, 7) is 7.20. The Morgan fingerprint density at radius 3 is 1.24 bits per heavy atom. The number of nitrogens with two attached hydrogens (primary N) is 1. The van der Waals surface area contributed by atoms with Crippen LogP contribution in [0.15, 0.2) is 24.3 Å². The minimum atomic E-state index is 0.489. The van der Waals surface area contributed by atoms with Crippen molar-refractivity contribution in [3.8, 4) is 5.75 Å². The Labute approximate surface area is 182 Å². The smallest absolute Gasteiger partial charge is 0.119 e. The van der Waals surface area contributed by atoms with Crippen LogP contribution in [0.25, 0.3) is 0 Å². The van der Waals surface area contributed by atoms with Crippen molar-refractivity contribution in [3.63, 3.8) is 0 Å². The predicted molar refractivity (Wildman–Crippen MR) is 115 cm³/mol. The molecule has 0 aliphatic carbocycles. The van der Waals surface area contributed by atoms with Gasteiger partial charge in [-0.05, 0) is 24.3 Å². The van der Waals surface area contributed by atoms with E-state index in [0.29, 0.717) is 85.9 Å². The molecule has 0 unspecified atom stereocenters. The van der Waals surface area contributed by atoms with E-state index in [4.69, 9.17) is 38.9 Å². The van der Waals surface area contributed by atoms with Gasteiger partial charge < -0.3 is 38.9 Å². The largest absolute Gasteiger partial charge is 0.491 e. The Kier molecular flexibility index (Phi) is 18.3. The fourth-order valence-corrected chi connectivity index (χ4v) is 2.27. The van der Waals surface area contributed by atoms with Crippen LogP contribution in [0.2, 0.25) is 0 Å². The standard InChI is InChI=1S/C20H34BrNO7/c21-5-6-23-7-8-24-9-10-25-11-12-26-13-14-27-15-16-28-17-18-29-20-3-1-19(22)2-4-20/h1-4H,5-18,22H2. The average Bonchev–Trinajstić information content (AvgIpc) is 2.73. The highest BCUT2D eigenvalue weighted by Crippen LogP contribution is 2.12. The lowest BCUT2D eigenvalue weighted by Crippen LogP contribution is -2.14. The minimum absolute atomic E-state index is 0.489. The molecule has 0 aromatic heterocycles. The van der Waals surface area contributed by atoms with Crippen LogP contribution in [0.5, 0.6) is 5.75 Å². The molecule has 2 N–H and O–H groups in total. The fourth-order valence-electron chi connectivity index (χ4n) is 2.04. The average molecular weight is 480 g/mol. The Hall–Kier alpha value is -0.940. The molecular weight excluding hydrogens is 446 g/mol. The molecule has 1 aromatic rings. The molecule has 0 bridgehead atoms. The highest BCUT2D eigenvalue weighted by molar-refractivity contribution is 9.09. The summed E-state index contributed by atoms with van der Waals surface area (Å²) in [5.74, 6) is 0.781. The summed E-state index contributed by atoms with van der Waals surface area (Å²) in [5.41, 5.74) is 6.33. The summed E-state index contributed by atoms with van der Waals surface area (Å²) in [6, 6.07) is 7.28. The van der Waals surface area contributed by atoms with Crippen LogP contribution in [0, 0.1) is 0 Å². The maximum atomic E-state index is 5.61. The molecule has 0 aliphatic rings. The first-order chi connectivity index (χ1) is 14.3. The summed E-state index contributed by atoms with van der Waals surface area (Å²) in [4.78, 5) is 0. The first-order valence-corrected chi connectivity index (χ1v) is 11.0. The van der Waals surface area contributed by atoms with Crippen LogP contribution in [0.3, 0.4) is 0 Å². The molecule has 1 aromatic carbocycles. The van der Waals surface area contributed by atoms with Gasteiger partial charge in [0.05, 0.1) is 79.3 Å². The Bertz CT molecular complexity index is 465. The van der Waals surface area contributed by atoms with E-state index in [9.17, 15) is 0 Å². The van der Waals surface area contributed by atoms with Crippen molar-refractivity contribution in [3.05, 3.63) is 24.3 Å². The number of nitrogen functional groups attached to an aromatic ring is 1. The normalized spacial score (nSPS) is 11.1. The van der Waals surface area contributed by atoms with E-state index in [1.165, 1.54) is 0 Å². The number of anilines is 1. The van der Waals surface area contributed by atoms with Gasteiger partial charge >= 0.3 is 0 Å². The Morgan fingerprint density at radius 1 is 0.517 bits per heavy atom. The third-order valence-electron chi connectivity index (χ3n) is 3.46. The summed E-state index contributed by atoms with van der Waals surface area (Å²) in [7, 11) is 0. The molecule has 0 atom stereocenters. The van der Waals surface area contributed by atoms with Crippen molar-refractivity contribution in [1.29, 1.82) is 0 Å². The van der Waals surface area contributed by atoms with E-state index in [1.54, 1.807) is 12.1 Å². The molecule has 0 heterocycles. The second-order valence-corrected chi connectivity index (χ2v) is 6.57. The molecular formula is C20H34BrNO7. The second kappa shape index (κ2) is 20.3.